The van der Waals surface area contributed by atoms with Crippen LogP contribution in [0.4, 0.5) is 0 Å². The fourth-order valence-electron chi connectivity index (χ4n) is 2.45. The highest BCUT2D eigenvalue weighted by atomic mass is 35.5. The van der Waals surface area contributed by atoms with Crippen LogP contribution in [0.5, 0.6) is 0 Å². The maximum absolute atomic E-state index is 12.1. The molecule has 1 aliphatic carbocycles. The molecule has 0 radical (unpaired) electrons. The Kier molecular flexibility index (Phi) is 6.38. The number of hydrogen-bond donors (Lipinski definition) is 1. The van der Waals surface area contributed by atoms with E-state index >= 15 is 0 Å². The van der Waals surface area contributed by atoms with Gasteiger partial charge in [0.25, 0.3) is 5.91 Å². The largest absolute Gasteiger partial charge is 0.452 e. The molecule has 1 aliphatic rings. The van der Waals surface area contributed by atoms with Crippen molar-refractivity contribution in [3.63, 3.8) is 0 Å². The lowest BCUT2D eigenvalue weighted by molar-refractivity contribution is -0.152. The molecule has 0 bridgehead atoms. The van der Waals surface area contributed by atoms with Crippen molar-refractivity contribution in [1.29, 1.82) is 0 Å². The van der Waals surface area contributed by atoms with Gasteiger partial charge in [0, 0.05) is 23.2 Å². The third-order valence-corrected chi connectivity index (χ3v) is 5.25. The maximum Gasteiger partial charge on any atom is 0.317 e. The van der Waals surface area contributed by atoms with Crippen molar-refractivity contribution in [2.24, 2.45) is 0 Å². The number of benzene rings is 1. The van der Waals surface area contributed by atoms with Gasteiger partial charge in [-0.3, -0.25) is 9.59 Å². The second kappa shape index (κ2) is 8.75. The minimum absolute atomic E-state index is 0.0554. The van der Waals surface area contributed by atoms with Crippen LogP contribution in [0.1, 0.15) is 26.7 Å². The predicted molar refractivity (Wildman–Crippen MR) is 104 cm³/mol. The van der Waals surface area contributed by atoms with Gasteiger partial charge in [0.1, 0.15) is 0 Å². The lowest BCUT2D eigenvalue weighted by Gasteiger charge is -2.13. The lowest BCUT2D eigenvalue weighted by Crippen LogP contribution is -2.37. The van der Waals surface area contributed by atoms with Crippen LogP contribution >= 0.6 is 23.4 Å². The Balaban J connectivity index is 1.58. The Morgan fingerprint density at radius 3 is 2.67 bits per heavy atom. The molecule has 1 aromatic carbocycles. The highest BCUT2D eigenvalue weighted by Crippen LogP contribution is 2.25. The van der Waals surface area contributed by atoms with Gasteiger partial charge in [-0.1, -0.05) is 23.4 Å². The molecule has 1 fully saturated rings. The fraction of sp³-hybridized carbons (Fsp3) is 0.444. The monoisotopic (exact) mass is 408 g/mol. The zero-order chi connectivity index (χ0) is 19.4. The molecule has 0 saturated heterocycles. The van der Waals surface area contributed by atoms with E-state index in [0.717, 1.165) is 18.4 Å². The summed E-state index contributed by atoms with van der Waals surface area (Å²) in [4.78, 5) is 23.9. The number of nitrogens with zero attached hydrogens (tertiary/aromatic N) is 3. The molecule has 144 valence electrons. The molecular formula is C18H21ClN4O3S. The minimum Gasteiger partial charge on any atom is -0.452 e. The van der Waals surface area contributed by atoms with E-state index in [1.54, 1.807) is 19.1 Å². The Bertz CT molecular complexity index is 821. The smallest absolute Gasteiger partial charge is 0.317 e. The second-order valence-corrected chi connectivity index (χ2v) is 7.64. The van der Waals surface area contributed by atoms with Gasteiger partial charge < -0.3 is 14.6 Å². The van der Waals surface area contributed by atoms with Gasteiger partial charge in [-0.15, -0.1) is 10.2 Å². The van der Waals surface area contributed by atoms with Crippen LogP contribution in [0.25, 0.3) is 11.4 Å². The summed E-state index contributed by atoms with van der Waals surface area (Å²) in [5.74, 6) is 0.0525. The summed E-state index contributed by atoms with van der Waals surface area (Å²) >= 11 is 7.17. The lowest BCUT2D eigenvalue weighted by atomic mass is 10.2. The topological polar surface area (TPSA) is 86.1 Å². The van der Waals surface area contributed by atoms with Gasteiger partial charge in [0.15, 0.2) is 17.1 Å². The summed E-state index contributed by atoms with van der Waals surface area (Å²) in [5, 5.41) is 12.5. The first-order valence-corrected chi connectivity index (χ1v) is 10.2. The average molecular weight is 409 g/mol. The molecule has 0 unspecified atom stereocenters. The molecule has 3 rings (SSSR count). The van der Waals surface area contributed by atoms with Crippen LogP contribution in [-0.4, -0.2) is 44.5 Å². The summed E-state index contributed by atoms with van der Waals surface area (Å²) in [6, 6.07) is 7.58. The molecule has 0 aliphatic heterocycles. The highest BCUT2D eigenvalue weighted by molar-refractivity contribution is 7.99. The van der Waals surface area contributed by atoms with Crippen molar-refractivity contribution in [3.05, 3.63) is 29.3 Å². The Morgan fingerprint density at radius 2 is 2.04 bits per heavy atom. The molecule has 1 aromatic heterocycles. The quantitative estimate of drug-likeness (QED) is 0.534. The number of thioether (sulfide) groups is 1. The van der Waals surface area contributed by atoms with Gasteiger partial charge in [-0.25, -0.2) is 0 Å². The van der Waals surface area contributed by atoms with Crippen molar-refractivity contribution in [2.75, 3.05) is 5.75 Å². The first kappa shape index (κ1) is 19.7. The molecule has 1 atom stereocenters. The van der Waals surface area contributed by atoms with Crippen molar-refractivity contribution in [3.8, 4) is 11.4 Å². The number of rotatable bonds is 8. The van der Waals surface area contributed by atoms with Crippen LogP contribution in [-0.2, 0) is 20.9 Å². The van der Waals surface area contributed by atoms with Crippen LogP contribution in [0.3, 0.4) is 0 Å². The van der Waals surface area contributed by atoms with Gasteiger partial charge in [-0.05, 0) is 51.0 Å². The number of hydrogen-bond acceptors (Lipinski definition) is 6. The molecular weight excluding hydrogens is 388 g/mol. The SMILES string of the molecule is CCn1c(SCC(=O)O[C@@H](C)C(=O)NC2CC2)nnc1-c1ccc(Cl)cc1. The predicted octanol–water partition coefficient (Wildman–Crippen LogP) is 2.92. The number of nitrogens with one attached hydrogen (secondary N) is 1. The normalized spacial score (nSPS) is 14.6. The molecule has 0 spiro atoms. The Labute approximate surface area is 166 Å². The van der Waals surface area contributed by atoms with E-state index in [1.807, 2.05) is 23.6 Å². The summed E-state index contributed by atoms with van der Waals surface area (Å²) in [6.45, 7) is 4.21. The number of esters is 1. The standard InChI is InChI=1S/C18H21ClN4O3S/c1-3-23-16(12-4-6-13(19)7-5-12)21-22-18(23)27-10-15(24)26-11(2)17(25)20-14-8-9-14/h4-7,11,14H,3,8-10H2,1-2H3,(H,20,25)/t11-/m0/s1. The minimum atomic E-state index is -0.799. The molecule has 27 heavy (non-hydrogen) atoms. The fourth-order valence-corrected chi connectivity index (χ4v) is 3.36. The highest BCUT2D eigenvalue weighted by Gasteiger charge is 2.27. The first-order chi connectivity index (χ1) is 13.0. The molecule has 1 heterocycles. The van der Waals surface area contributed by atoms with Crippen LogP contribution in [0.2, 0.25) is 5.02 Å². The second-order valence-electron chi connectivity index (χ2n) is 6.26. The maximum atomic E-state index is 12.1. The number of carbonyl (C=O) groups is 2. The van der Waals surface area contributed by atoms with Crippen LogP contribution < -0.4 is 5.32 Å². The van der Waals surface area contributed by atoms with E-state index in [9.17, 15) is 9.59 Å². The number of carbonyl (C=O) groups excluding carboxylic acids is 2. The Hall–Kier alpha value is -2.06. The molecule has 1 amide bonds. The van der Waals surface area contributed by atoms with Crippen molar-refractivity contribution in [2.45, 2.75) is 50.5 Å². The van der Waals surface area contributed by atoms with E-state index in [2.05, 4.69) is 15.5 Å². The van der Waals surface area contributed by atoms with E-state index in [0.29, 0.717) is 22.5 Å². The Morgan fingerprint density at radius 1 is 1.33 bits per heavy atom. The molecule has 7 nitrogen and oxygen atoms in total. The zero-order valence-corrected chi connectivity index (χ0v) is 16.7. The summed E-state index contributed by atoms with van der Waals surface area (Å²) in [6.07, 6.45) is 1.18. The van der Waals surface area contributed by atoms with Gasteiger partial charge in [-0.2, -0.15) is 0 Å². The van der Waals surface area contributed by atoms with E-state index < -0.39 is 12.1 Å². The van der Waals surface area contributed by atoms with Crippen molar-refractivity contribution in [1.82, 2.24) is 20.1 Å². The molecule has 1 N–H and O–H groups in total. The zero-order valence-electron chi connectivity index (χ0n) is 15.1. The van der Waals surface area contributed by atoms with E-state index in [1.165, 1.54) is 11.8 Å². The van der Waals surface area contributed by atoms with Gasteiger partial charge in [0.05, 0.1) is 5.75 Å². The van der Waals surface area contributed by atoms with Crippen molar-refractivity contribution < 1.29 is 14.3 Å². The summed E-state index contributed by atoms with van der Waals surface area (Å²) in [5.41, 5.74) is 0.897. The molecule has 9 heteroatoms. The van der Waals surface area contributed by atoms with E-state index in [-0.39, 0.29) is 17.7 Å². The molecule has 1 saturated carbocycles. The number of halogens is 1. The third-order valence-electron chi connectivity index (χ3n) is 4.06. The van der Waals surface area contributed by atoms with Crippen LogP contribution in [0, 0.1) is 0 Å². The number of ether oxygens (including phenoxy) is 1. The van der Waals surface area contributed by atoms with Crippen LogP contribution in [0.15, 0.2) is 29.4 Å². The average Bonchev–Trinajstić information content (AvgIpc) is 3.37. The third kappa shape index (κ3) is 5.23. The summed E-state index contributed by atoms with van der Waals surface area (Å²) in [7, 11) is 0. The van der Waals surface area contributed by atoms with Crippen molar-refractivity contribution >= 4 is 35.2 Å². The summed E-state index contributed by atoms with van der Waals surface area (Å²) < 4.78 is 7.12. The van der Waals surface area contributed by atoms with Gasteiger partial charge >= 0.3 is 5.97 Å². The molecule has 2 aromatic rings. The number of aromatic nitrogens is 3. The number of amides is 1. The van der Waals surface area contributed by atoms with Gasteiger partial charge in [0.2, 0.25) is 0 Å². The van der Waals surface area contributed by atoms with E-state index in [4.69, 9.17) is 16.3 Å². The first-order valence-electron chi connectivity index (χ1n) is 8.79.